The highest BCUT2D eigenvalue weighted by atomic mass is 35.5. The van der Waals surface area contributed by atoms with Crippen LogP contribution in [0, 0.1) is 0 Å². The molecule has 0 heterocycles. The Labute approximate surface area is 233 Å². The first-order chi connectivity index (χ1) is 18.1. The van der Waals surface area contributed by atoms with Crippen LogP contribution in [0.2, 0.25) is 10.0 Å². The van der Waals surface area contributed by atoms with Crippen LogP contribution in [0.3, 0.4) is 0 Å². The topological polar surface area (TPSA) is 135 Å². The van der Waals surface area contributed by atoms with Crippen LogP contribution in [-0.2, 0) is 35.7 Å². The molecule has 3 N–H and O–H groups in total. The zero-order valence-electron chi connectivity index (χ0n) is 21.1. The normalized spacial score (nSPS) is 12.3. The summed E-state index contributed by atoms with van der Waals surface area (Å²) in [6.07, 6.45) is 3.68. The maximum Gasteiger partial charge on any atom is 0.322 e. The van der Waals surface area contributed by atoms with Crippen LogP contribution < -0.4 is 9.79 Å². The molecule has 0 unspecified atom stereocenters. The molecule has 2 rings (SSSR count). The van der Waals surface area contributed by atoms with E-state index in [1.165, 1.54) is 18.2 Å². The average molecular weight is 594 g/mol. The van der Waals surface area contributed by atoms with Crippen molar-refractivity contribution in [3.63, 3.8) is 0 Å². The van der Waals surface area contributed by atoms with E-state index in [2.05, 4.69) is 10.2 Å². The van der Waals surface area contributed by atoms with Crippen LogP contribution in [0.1, 0.15) is 42.9 Å². The Kier molecular flexibility index (Phi) is 14.2. The fourth-order valence-corrected chi connectivity index (χ4v) is 4.68. The van der Waals surface area contributed by atoms with E-state index in [1.54, 1.807) is 18.2 Å². The average Bonchev–Trinajstić information content (AvgIpc) is 2.86. The number of unbranched alkanes of at least 4 members (excludes halogenated alkanes) is 3. The number of halogens is 2. The van der Waals surface area contributed by atoms with Gasteiger partial charge in [-0.3, -0.25) is 4.79 Å². The van der Waals surface area contributed by atoms with E-state index >= 15 is 0 Å². The lowest BCUT2D eigenvalue weighted by Crippen LogP contribution is -2.30. The first kappa shape index (κ1) is 32.1. The van der Waals surface area contributed by atoms with Crippen LogP contribution >= 0.6 is 23.2 Å². The number of aromatic hydroxyl groups is 1. The summed E-state index contributed by atoms with van der Waals surface area (Å²) in [7, 11) is -4.00. The second kappa shape index (κ2) is 16.8. The summed E-state index contributed by atoms with van der Waals surface area (Å²) in [4.78, 5) is 15.2. The summed E-state index contributed by atoms with van der Waals surface area (Å²) < 4.78 is 35.2. The molecule has 2 aromatic rings. The van der Waals surface area contributed by atoms with Gasteiger partial charge in [-0.05, 0) is 49.2 Å². The zero-order valence-corrected chi connectivity index (χ0v) is 23.5. The van der Waals surface area contributed by atoms with E-state index in [0.717, 1.165) is 37.5 Å². The molecule has 0 saturated heterocycles. The Hall–Kier alpha value is -2.12. The number of carbonyl (C=O) groups is 1. The number of benzene rings is 2. The Morgan fingerprint density at radius 3 is 2.39 bits per heavy atom. The summed E-state index contributed by atoms with van der Waals surface area (Å²) in [5.74, 6) is -0.417. The van der Waals surface area contributed by atoms with Crippen LogP contribution in [-0.4, -0.2) is 64.3 Å². The van der Waals surface area contributed by atoms with Gasteiger partial charge in [-0.2, -0.15) is 0 Å². The number of nitrogens with zero attached hydrogens (tertiary/aromatic N) is 1. The number of phenolic OH excluding ortho intramolecular Hbond substituents is 1. The van der Waals surface area contributed by atoms with Gasteiger partial charge < -0.3 is 29.8 Å². The first-order valence-corrected chi connectivity index (χ1v) is 14.7. The van der Waals surface area contributed by atoms with Gasteiger partial charge in [0.15, 0.2) is 0 Å². The monoisotopic (exact) mass is 592 g/mol. The molecule has 0 fully saturated rings. The number of hydrogen-bond acceptors (Lipinski definition) is 9. The smallest absolute Gasteiger partial charge is 0.322 e. The van der Waals surface area contributed by atoms with E-state index in [0.29, 0.717) is 53.0 Å². The predicted octanol–water partition coefficient (Wildman–Crippen LogP) is 3.97. The third-order valence-electron chi connectivity index (χ3n) is 5.43. The van der Waals surface area contributed by atoms with E-state index in [-0.39, 0.29) is 18.7 Å². The highest BCUT2D eigenvalue weighted by molar-refractivity contribution is 7.91. The largest absolute Gasteiger partial charge is 0.506 e. The molecule has 0 aliphatic rings. The highest BCUT2D eigenvalue weighted by Gasteiger charge is 2.24. The number of aliphatic hydroxyl groups excluding tert-OH is 1. The number of anilines is 1. The number of rotatable bonds is 19. The van der Waals surface area contributed by atoms with E-state index in [4.69, 9.17) is 32.7 Å². The van der Waals surface area contributed by atoms with Crippen molar-refractivity contribution in [2.24, 2.45) is 0 Å². The summed E-state index contributed by atoms with van der Waals surface area (Å²) in [6.45, 7) is 2.77. The van der Waals surface area contributed by atoms with Gasteiger partial charge in [0.2, 0.25) is 0 Å². The van der Waals surface area contributed by atoms with Crippen LogP contribution in [0.4, 0.5) is 5.69 Å². The molecular weight excluding hydrogens is 559 g/mol. The van der Waals surface area contributed by atoms with Crippen molar-refractivity contribution in [2.45, 2.75) is 38.4 Å². The zero-order chi connectivity index (χ0) is 28.0. The molecule has 212 valence electrons. The van der Waals surface area contributed by atoms with Crippen LogP contribution in [0.15, 0.2) is 36.4 Å². The third-order valence-corrected chi connectivity index (χ3v) is 7.02. The standard InChI is InChI=1S/C25H34Cl2N2O8S/c1-38(33,34)29(37-18-30)23-15-19(9-10-24(23)31)25(32)16-28-11-4-2-3-5-12-35-13-14-36-17-20-21(26)7-6-8-22(20)27/h6-10,15,18,25,28,31-32H,2-5,11-14,16-17H2,1H3/t25-/m0/s1. The second-order valence-corrected chi connectivity index (χ2v) is 11.1. The Morgan fingerprint density at radius 1 is 1.03 bits per heavy atom. The van der Waals surface area contributed by atoms with Gasteiger partial charge in [-0.25, -0.2) is 8.42 Å². The fourth-order valence-electron chi connectivity index (χ4n) is 3.48. The van der Waals surface area contributed by atoms with Crippen molar-refractivity contribution in [3.05, 3.63) is 57.6 Å². The van der Waals surface area contributed by atoms with Crippen molar-refractivity contribution in [1.29, 1.82) is 0 Å². The van der Waals surface area contributed by atoms with Gasteiger partial charge in [-0.1, -0.05) is 52.6 Å². The maximum atomic E-state index is 11.9. The minimum absolute atomic E-state index is 0.0632. The molecule has 10 nitrogen and oxygen atoms in total. The molecule has 0 aromatic heterocycles. The lowest BCUT2D eigenvalue weighted by atomic mass is 10.1. The van der Waals surface area contributed by atoms with E-state index in [1.807, 2.05) is 0 Å². The molecule has 0 saturated carbocycles. The lowest BCUT2D eigenvalue weighted by Gasteiger charge is -2.21. The molecule has 0 aliphatic carbocycles. The van der Waals surface area contributed by atoms with Gasteiger partial charge in [0, 0.05) is 28.8 Å². The van der Waals surface area contributed by atoms with Gasteiger partial charge in [0.1, 0.15) is 11.4 Å². The van der Waals surface area contributed by atoms with Crippen molar-refractivity contribution in [2.75, 3.05) is 43.6 Å². The van der Waals surface area contributed by atoms with Gasteiger partial charge in [0.25, 0.3) is 10.0 Å². The number of carbonyl (C=O) groups excluding carboxylic acids is 1. The van der Waals surface area contributed by atoms with Crippen molar-refractivity contribution >= 4 is 45.4 Å². The van der Waals surface area contributed by atoms with Crippen LogP contribution in [0.5, 0.6) is 5.75 Å². The van der Waals surface area contributed by atoms with Crippen molar-refractivity contribution < 1.29 is 37.7 Å². The number of ether oxygens (including phenoxy) is 2. The number of hydrogen-bond donors (Lipinski definition) is 3. The Balaban J connectivity index is 1.56. The quantitative estimate of drug-likeness (QED) is 0.126. The van der Waals surface area contributed by atoms with Crippen LogP contribution in [0.25, 0.3) is 0 Å². The predicted molar refractivity (Wildman–Crippen MR) is 146 cm³/mol. The minimum atomic E-state index is -4.00. The SMILES string of the molecule is CS(=O)(=O)N(OC=O)c1cc([C@@H](O)CNCCCCCCOCCOCc2c(Cl)cccc2Cl)ccc1O. The maximum absolute atomic E-state index is 11.9. The summed E-state index contributed by atoms with van der Waals surface area (Å²) in [6, 6.07) is 9.28. The molecule has 0 bridgehead atoms. The summed E-state index contributed by atoms with van der Waals surface area (Å²) in [5, 5.41) is 24.8. The fraction of sp³-hybridized carbons (Fsp3) is 0.480. The molecule has 0 spiro atoms. The third kappa shape index (κ3) is 10.9. The molecule has 0 radical (unpaired) electrons. The molecule has 13 heteroatoms. The number of nitrogens with one attached hydrogen (secondary N) is 1. The Morgan fingerprint density at radius 2 is 1.71 bits per heavy atom. The molecule has 1 atom stereocenters. The van der Waals surface area contributed by atoms with Crippen molar-refractivity contribution in [3.8, 4) is 5.75 Å². The molecule has 2 aromatic carbocycles. The van der Waals surface area contributed by atoms with Crippen molar-refractivity contribution in [1.82, 2.24) is 5.32 Å². The summed E-state index contributed by atoms with van der Waals surface area (Å²) in [5.41, 5.74) is 0.854. The molecule has 38 heavy (non-hydrogen) atoms. The lowest BCUT2D eigenvalue weighted by molar-refractivity contribution is -0.128. The first-order valence-electron chi connectivity index (χ1n) is 12.1. The summed E-state index contributed by atoms with van der Waals surface area (Å²) >= 11 is 12.2. The molecule has 0 amide bonds. The number of phenols is 1. The minimum Gasteiger partial charge on any atom is -0.506 e. The Bertz CT molecular complexity index is 1100. The van der Waals surface area contributed by atoms with E-state index in [9.17, 15) is 23.4 Å². The molecular formula is C25H34Cl2N2O8S. The van der Waals surface area contributed by atoms with Gasteiger partial charge in [-0.15, -0.1) is 0 Å². The molecule has 0 aliphatic heterocycles. The highest BCUT2D eigenvalue weighted by Crippen LogP contribution is 2.32. The van der Waals surface area contributed by atoms with E-state index < -0.39 is 21.9 Å². The second-order valence-electron chi connectivity index (χ2n) is 8.44. The van der Waals surface area contributed by atoms with Gasteiger partial charge in [0.05, 0.1) is 32.2 Å². The van der Waals surface area contributed by atoms with Gasteiger partial charge >= 0.3 is 6.47 Å². The number of sulfonamides is 1. The number of aliphatic hydroxyl groups is 1.